The number of rotatable bonds is 0. The highest BCUT2D eigenvalue weighted by molar-refractivity contribution is 5.34. The molecular formula is C11H18O. The summed E-state index contributed by atoms with van der Waals surface area (Å²) in [5.41, 5.74) is 1.39. The van der Waals surface area contributed by atoms with E-state index < -0.39 is 0 Å². The van der Waals surface area contributed by atoms with E-state index in [0.717, 1.165) is 12.3 Å². The zero-order valence-corrected chi connectivity index (χ0v) is 8.22. The van der Waals surface area contributed by atoms with E-state index in [0.29, 0.717) is 16.2 Å². The molecule has 3 aliphatic rings. The summed E-state index contributed by atoms with van der Waals surface area (Å²) in [7, 11) is 0. The van der Waals surface area contributed by atoms with Gasteiger partial charge in [-0.05, 0) is 41.4 Å². The van der Waals surface area contributed by atoms with Crippen molar-refractivity contribution < 1.29 is 5.11 Å². The molecule has 0 heterocycles. The van der Waals surface area contributed by atoms with Crippen LogP contribution in [0.2, 0.25) is 0 Å². The molecule has 0 saturated heterocycles. The van der Waals surface area contributed by atoms with Gasteiger partial charge >= 0.3 is 0 Å². The van der Waals surface area contributed by atoms with Crippen LogP contribution in [0.15, 0.2) is 0 Å². The molecule has 0 radical (unpaired) electrons. The molecule has 3 rings (SSSR count). The summed E-state index contributed by atoms with van der Waals surface area (Å²) in [6, 6.07) is 0. The Bertz CT molecular complexity index is 258. The van der Waals surface area contributed by atoms with Crippen molar-refractivity contribution in [2.24, 2.45) is 22.2 Å². The Balaban J connectivity index is 2.06. The van der Waals surface area contributed by atoms with Gasteiger partial charge in [0.25, 0.3) is 0 Å². The highest BCUT2D eigenvalue weighted by Gasteiger charge is 2.86. The molecule has 3 fully saturated rings. The van der Waals surface area contributed by atoms with Gasteiger partial charge in [0.1, 0.15) is 0 Å². The van der Waals surface area contributed by atoms with Gasteiger partial charge in [-0.15, -0.1) is 0 Å². The Kier molecular flexibility index (Phi) is 0.919. The van der Waals surface area contributed by atoms with Crippen LogP contribution in [-0.2, 0) is 0 Å². The molecule has 3 aliphatic carbocycles. The van der Waals surface area contributed by atoms with Crippen LogP contribution in [0.1, 0.15) is 40.0 Å². The fourth-order valence-corrected chi connectivity index (χ4v) is 4.83. The van der Waals surface area contributed by atoms with Crippen molar-refractivity contribution in [3.05, 3.63) is 0 Å². The van der Waals surface area contributed by atoms with Gasteiger partial charge < -0.3 is 5.11 Å². The molecule has 1 spiro atoms. The summed E-state index contributed by atoms with van der Waals surface area (Å²) in [5.74, 6) is 0.832. The molecule has 4 unspecified atom stereocenters. The van der Waals surface area contributed by atoms with Crippen LogP contribution < -0.4 is 0 Å². The average Bonchev–Trinajstić information content (AvgIpc) is 2.41. The molecule has 0 bridgehead atoms. The minimum Gasteiger partial charge on any atom is -0.393 e. The highest BCUT2D eigenvalue weighted by Crippen LogP contribution is 2.90. The third-order valence-corrected chi connectivity index (χ3v) is 5.78. The van der Waals surface area contributed by atoms with E-state index in [1.165, 1.54) is 12.8 Å². The lowest BCUT2D eigenvalue weighted by atomic mass is 9.55. The topological polar surface area (TPSA) is 20.2 Å². The Hall–Kier alpha value is -0.0400. The highest BCUT2D eigenvalue weighted by atomic mass is 16.3. The van der Waals surface area contributed by atoms with E-state index in [2.05, 4.69) is 20.8 Å². The average molecular weight is 166 g/mol. The van der Waals surface area contributed by atoms with Gasteiger partial charge in [-0.1, -0.05) is 20.8 Å². The molecule has 0 aliphatic heterocycles. The minimum absolute atomic E-state index is 0.00396. The molecule has 1 N–H and O–H groups in total. The first kappa shape index (κ1) is 7.37. The molecule has 4 atom stereocenters. The Labute approximate surface area is 74.2 Å². The second-order valence-corrected chi connectivity index (χ2v) is 5.91. The van der Waals surface area contributed by atoms with Gasteiger partial charge in [0.2, 0.25) is 0 Å². The number of hydrogen-bond donors (Lipinski definition) is 1. The molecule has 0 aromatic carbocycles. The normalized spacial score (nSPS) is 65.0. The second-order valence-electron chi connectivity index (χ2n) is 5.91. The Morgan fingerprint density at radius 1 is 1.17 bits per heavy atom. The third-order valence-electron chi connectivity index (χ3n) is 5.78. The molecule has 1 heteroatoms. The number of hydrogen-bond acceptors (Lipinski definition) is 1. The number of aliphatic hydroxyl groups excluding tert-OH is 1. The van der Waals surface area contributed by atoms with E-state index in [9.17, 15) is 5.11 Å². The van der Waals surface area contributed by atoms with Crippen LogP contribution in [0.4, 0.5) is 0 Å². The lowest BCUT2D eigenvalue weighted by Crippen LogP contribution is -2.48. The van der Waals surface area contributed by atoms with Gasteiger partial charge in [0.05, 0.1) is 6.10 Å². The van der Waals surface area contributed by atoms with Crippen molar-refractivity contribution in [3.63, 3.8) is 0 Å². The van der Waals surface area contributed by atoms with Crippen molar-refractivity contribution in [3.8, 4) is 0 Å². The molecule has 0 amide bonds. The maximum Gasteiger partial charge on any atom is 0.0602 e. The smallest absolute Gasteiger partial charge is 0.0602 e. The quantitative estimate of drug-likeness (QED) is 0.585. The van der Waals surface area contributed by atoms with Crippen molar-refractivity contribution in [1.82, 2.24) is 0 Å². The van der Waals surface area contributed by atoms with E-state index in [1.54, 1.807) is 0 Å². The molecule has 12 heavy (non-hydrogen) atoms. The lowest BCUT2D eigenvalue weighted by Gasteiger charge is -2.51. The van der Waals surface area contributed by atoms with Crippen LogP contribution in [0, 0.1) is 22.2 Å². The summed E-state index contributed by atoms with van der Waals surface area (Å²) in [5, 5.41) is 9.91. The van der Waals surface area contributed by atoms with Crippen molar-refractivity contribution in [1.29, 1.82) is 0 Å². The largest absolute Gasteiger partial charge is 0.393 e. The van der Waals surface area contributed by atoms with Crippen LogP contribution >= 0.6 is 0 Å². The lowest BCUT2D eigenvalue weighted by molar-refractivity contribution is -0.0845. The fraction of sp³-hybridized carbons (Fsp3) is 1.00. The molecular weight excluding hydrogens is 148 g/mol. The fourth-order valence-electron chi connectivity index (χ4n) is 4.83. The minimum atomic E-state index is 0.00396. The summed E-state index contributed by atoms with van der Waals surface area (Å²) < 4.78 is 0. The van der Waals surface area contributed by atoms with Crippen LogP contribution in [0.5, 0.6) is 0 Å². The number of aliphatic hydroxyl groups is 1. The summed E-state index contributed by atoms with van der Waals surface area (Å²) in [4.78, 5) is 0. The predicted molar refractivity (Wildman–Crippen MR) is 47.7 cm³/mol. The molecule has 1 nitrogen and oxygen atoms in total. The standard InChI is InChI=1S/C11H18O/c1-9(2)7-6-8(12)10(3)4-5-11(7,9)10/h7-8,12H,4-6H2,1-3H3. The molecule has 3 saturated carbocycles. The van der Waals surface area contributed by atoms with Gasteiger partial charge in [0, 0.05) is 0 Å². The maximum atomic E-state index is 9.91. The maximum absolute atomic E-state index is 9.91. The van der Waals surface area contributed by atoms with Crippen LogP contribution in [0.3, 0.4) is 0 Å². The first-order valence-corrected chi connectivity index (χ1v) is 5.15. The van der Waals surface area contributed by atoms with Crippen LogP contribution in [0.25, 0.3) is 0 Å². The first-order chi connectivity index (χ1) is 5.47. The van der Waals surface area contributed by atoms with Crippen molar-refractivity contribution in [2.45, 2.75) is 46.1 Å². The van der Waals surface area contributed by atoms with E-state index in [4.69, 9.17) is 0 Å². The first-order valence-electron chi connectivity index (χ1n) is 5.15. The van der Waals surface area contributed by atoms with Crippen molar-refractivity contribution in [2.75, 3.05) is 0 Å². The molecule has 0 aromatic rings. The van der Waals surface area contributed by atoms with E-state index in [-0.39, 0.29) is 6.10 Å². The van der Waals surface area contributed by atoms with E-state index in [1.807, 2.05) is 0 Å². The third kappa shape index (κ3) is 0.396. The summed E-state index contributed by atoms with van der Waals surface area (Å²) in [6.45, 7) is 7.08. The SMILES string of the molecule is CC1(C)C2CC(O)C3(C)CCC213. The molecule has 0 aromatic heterocycles. The summed E-state index contributed by atoms with van der Waals surface area (Å²) >= 11 is 0. The zero-order valence-electron chi connectivity index (χ0n) is 8.22. The second kappa shape index (κ2) is 1.50. The van der Waals surface area contributed by atoms with Crippen LogP contribution in [-0.4, -0.2) is 11.2 Å². The Morgan fingerprint density at radius 2 is 1.83 bits per heavy atom. The predicted octanol–water partition coefficient (Wildman–Crippen LogP) is 2.19. The van der Waals surface area contributed by atoms with Gasteiger partial charge in [0.15, 0.2) is 0 Å². The Morgan fingerprint density at radius 3 is 2.17 bits per heavy atom. The summed E-state index contributed by atoms with van der Waals surface area (Å²) in [6.07, 6.45) is 3.71. The van der Waals surface area contributed by atoms with Gasteiger partial charge in [-0.2, -0.15) is 0 Å². The zero-order chi connectivity index (χ0) is 8.78. The van der Waals surface area contributed by atoms with Gasteiger partial charge in [-0.3, -0.25) is 0 Å². The van der Waals surface area contributed by atoms with Crippen molar-refractivity contribution >= 4 is 0 Å². The molecule has 68 valence electrons. The van der Waals surface area contributed by atoms with E-state index >= 15 is 0 Å². The van der Waals surface area contributed by atoms with Gasteiger partial charge in [-0.25, -0.2) is 0 Å². The monoisotopic (exact) mass is 166 g/mol.